The quantitative estimate of drug-likeness (QED) is 0.547. The van der Waals surface area contributed by atoms with Crippen LogP contribution in [0.15, 0.2) is 70.2 Å². The highest BCUT2D eigenvalue weighted by atomic mass is 32.2. The SMILES string of the molecule is Cc1cc(S(=O)(=O)Nc2ccc(C(=O)NCC(O)c3ccco3)cc2)ccc1F. The van der Waals surface area contributed by atoms with E-state index in [1.807, 2.05) is 0 Å². The van der Waals surface area contributed by atoms with E-state index in [0.717, 1.165) is 6.07 Å². The highest BCUT2D eigenvalue weighted by molar-refractivity contribution is 7.92. The summed E-state index contributed by atoms with van der Waals surface area (Å²) in [6, 6.07) is 12.5. The van der Waals surface area contributed by atoms with Crippen molar-refractivity contribution in [1.29, 1.82) is 0 Å². The highest BCUT2D eigenvalue weighted by Gasteiger charge is 2.16. The fourth-order valence-electron chi connectivity index (χ4n) is 2.56. The first kappa shape index (κ1) is 20.6. The Morgan fingerprint density at radius 1 is 1.17 bits per heavy atom. The van der Waals surface area contributed by atoms with Crippen molar-refractivity contribution in [2.45, 2.75) is 17.9 Å². The molecule has 0 saturated carbocycles. The molecule has 0 radical (unpaired) electrons. The minimum atomic E-state index is -3.89. The fraction of sp³-hybridized carbons (Fsp3) is 0.150. The summed E-state index contributed by atoms with van der Waals surface area (Å²) >= 11 is 0. The van der Waals surface area contributed by atoms with Gasteiger partial charge in [-0.15, -0.1) is 0 Å². The van der Waals surface area contributed by atoms with E-state index in [2.05, 4.69) is 10.0 Å². The van der Waals surface area contributed by atoms with Gasteiger partial charge in [0.2, 0.25) is 0 Å². The van der Waals surface area contributed by atoms with Crippen LogP contribution in [0.25, 0.3) is 0 Å². The lowest BCUT2D eigenvalue weighted by Gasteiger charge is -2.11. The second kappa shape index (κ2) is 8.46. The minimum absolute atomic E-state index is 0.0371. The highest BCUT2D eigenvalue weighted by Crippen LogP contribution is 2.19. The molecule has 0 aliphatic rings. The van der Waals surface area contributed by atoms with Crippen LogP contribution in [0.3, 0.4) is 0 Å². The number of nitrogens with one attached hydrogen (secondary N) is 2. The number of aliphatic hydroxyl groups excluding tert-OH is 1. The number of anilines is 1. The Morgan fingerprint density at radius 3 is 2.52 bits per heavy atom. The molecule has 1 unspecified atom stereocenters. The number of hydrogen-bond donors (Lipinski definition) is 3. The van der Waals surface area contributed by atoms with Gasteiger partial charge in [0.05, 0.1) is 17.7 Å². The summed E-state index contributed by atoms with van der Waals surface area (Å²) in [5, 5.41) is 12.5. The molecule has 0 spiro atoms. The minimum Gasteiger partial charge on any atom is -0.467 e. The molecule has 0 saturated heterocycles. The molecule has 3 N–H and O–H groups in total. The molecule has 1 aromatic heterocycles. The maximum Gasteiger partial charge on any atom is 0.261 e. The maximum atomic E-state index is 13.4. The topological polar surface area (TPSA) is 109 Å². The molecule has 3 rings (SSSR count). The predicted octanol–water partition coefficient (Wildman–Crippen LogP) is 2.99. The van der Waals surface area contributed by atoms with Gasteiger partial charge in [0.1, 0.15) is 17.7 Å². The monoisotopic (exact) mass is 418 g/mol. The number of rotatable bonds is 7. The number of benzene rings is 2. The molecular weight excluding hydrogens is 399 g/mol. The summed E-state index contributed by atoms with van der Waals surface area (Å²) in [7, 11) is -3.89. The van der Waals surface area contributed by atoms with Crippen LogP contribution in [-0.4, -0.2) is 26.0 Å². The Morgan fingerprint density at radius 2 is 1.90 bits per heavy atom. The number of carbonyl (C=O) groups is 1. The molecule has 0 aliphatic heterocycles. The Bertz CT molecular complexity index is 1100. The normalized spacial score (nSPS) is 12.4. The van der Waals surface area contributed by atoms with Crippen LogP contribution in [-0.2, 0) is 10.0 Å². The van der Waals surface area contributed by atoms with Gasteiger partial charge in [-0.25, -0.2) is 12.8 Å². The number of furan rings is 1. The average Bonchev–Trinajstić information content (AvgIpc) is 3.23. The second-order valence-electron chi connectivity index (χ2n) is 6.34. The van der Waals surface area contributed by atoms with Crippen molar-refractivity contribution in [3.05, 3.63) is 83.6 Å². The van der Waals surface area contributed by atoms with E-state index in [1.165, 1.54) is 49.6 Å². The van der Waals surface area contributed by atoms with Gasteiger partial charge in [-0.3, -0.25) is 9.52 Å². The molecule has 7 nitrogen and oxygen atoms in total. The van der Waals surface area contributed by atoms with Gasteiger partial charge in [-0.2, -0.15) is 0 Å². The summed E-state index contributed by atoms with van der Waals surface area (Å²) in [5.74, 6) is -0.582. The van der Waals surface area contributed by atoms with Crippen LogP contribution in [0.5, 0.6) is 0 Å². The molecule has 1 heterocycles. The number of sulfonamides is 1. The van der Waals surface area contributed by atoms with E-state index in [0.29, 0.717) is 5.76 Å². The molecule has 9 heteroatoms. The van der Waals surface area contributed by atoms with Crippen LogP contribution in [0.1, 0.15) is 27.8 Å². The van der Waals surface area contributed by atoms with E-state index in [4.69, 9.17) is 4.42 Å². The van der Waals surface area contributed by atoms with Crippen molar-refractivity contribution < 1.29 is 27.1 Å². The van der Waals surface area contributed by atoms with Crippen molar-refractivity contribution in [3.8, 4) is 0 Å². The lowest BCUT2D eigenvalue weighted by atomic mass is 10.2. The van der Waals surface area contributed by atoms with Crippen LogP contribution < -0.4 is 10.0 Å². The van der Waals surface area contributed by atoms with Gasteiger partial charge in [0, 0.05) is 11.3 Å². The number of carbonyl (C=O) groups excluding carboxylic acids is 1. The van der Waals surface area contributed by atoms with Crippen LogP contribution >= 0.6 is 0 Å². The van der Waals surface area contributed by atoms with Crippen LogP contribution in [0.4, 0.5) is 10.1 Å². The third-order valence-corrected chi connectivity index (χ3v) is 5.55. The van der Waals surface area contributed by atoms with Crippen molar-refractivity contribution in [2.75, 3.05) is 11.3 Å². The summed E-state index contributed by atoms with van der Waals surface area (Å²) in [5.41, 5.74) is 0.757. The van der Waals surface area contributed by atoms with E-state index in [1.54, 1.807) is 12.1 Å². The average molecular weight is 418 g/mol. The largest absolute Gasteiger partial charge is 0.467 e. The smallest absolute Gasteiger partial charge is 0.261 e. The van der Waals surface area contributed by atoms with Gasteiger partial charge < -0.3 is 14.8 Å². The number of amides is 1. The van der Waals surface area contributed by atoms with Crippen molar-refractivity contribution in [2.24, 2.45) is 0 Å². The third kappa shape index (κ3) is 5.01. The molecule has 3 aromatic rings. The predicted molar refractivity (Wildman–Crippen MR) is 104 cm³/mol. The van der Waals surface area contributed by atoms with Crippen molar-refractivity contribution >= 4 is 21.6 Å². The summed E-state index contributed by atoms with van der Waals surface area (Å²) in [4.78, 5) is 12.1. The Labute approximate surface area is 167 Å². The second-order valence-corrected chi connectivity index (χ2v) is 8.02. The van der Waals surface area contributed by atoms with E-state index >= 15 is 0 Å². The zero-order valence-electron chi connectivity index (χ0n) is 15.4. The van der Waals surface area contributed by atoms with Crippen LogP contribution in [0, 0.1) is 12.7 Å². The van der Waals surface area contributed by atoms with Gasteiger partial charge >= 0.3 is 0 Å². The number of aliphatic hydroxyl groups is 1. The Kier molecular flexibility index (Phi) is 6.00. The van der Waals surface area contributed by atoms with E-state index in [-0.39, 0.29) is 28.3 Å². The number of hydrogen-bond acceptors (Lipinski definition) is 5. The molecule has 1 amide bonds. The van der Waals surface area contributed by atoms with Crippen LogP contribution in [0.2, 0.25) is 0 Å². The summed E-state index contributed by atoms with van der Waals surface area (Å²) in [6.45, 7) is 1.44. The zero-order valence-corrected chi connectivity index (χ0v) is 16.2. The molecule has 2 aromatic carbocycles. The Balaban J connectivity index is 1.63. The Hall–Kier alpha value is -3.17. The molecule has 152 valence electrons. The molecular formula is C20H19FN2O5S. The maximum absolute atomic E-state index is 13.4. The standard InChI is InChI=1S/C20H19FN2O5S/c1-13-11-16(8-9-17(13)21)29(26,27)23-15-6-4-14(5-7-15)20(25)22-12-18(24)19-3-2-10-28-19/h2-11,18,23-24H,12H2,1H3,(H,22,25). The molecule has 0 aliphatic carbocycles. The van der Waals surface area contributed by atoms with Gasteiger partial charge in [-0.1, -0.05) is 0 Å². The van der Waals surface area contributed by atoms with E-state index in [9.17, 15) is 22.7 Å². The first-order valence-corrected chi connectivity index (χ1v) is 10.1. The van der Waals surface area contributed by atoms with Gasteiger partial charge in [0.15, 0.2) is 0 Å². The molecule has 0 fully saturated rings. The number of halogens is 1. The van der Waals surface area contributed by atoms with Gasteiger partial charge in [-0.05, 0) is 67.1 Å². The lowest BCUT2D eigenvalue weighted by Crippen LogP contribution is -2.28. The first-order valence-electron chi connectivity index (χ1n) is 8.65. The summed E-state index contributed by atoms with van der Waals surface area (Å²) in [6.07, 6.45) is 0.451. The zero-order chi connectivity index (χ0) is 21.0. The summed E-state index contributed by atoms with van der Waals surface area (Å²) < 4.78 is 45.6. The first-order chi connectivity index (χ1) is 13.8. The number of aryl methyl sites for hydroxylation is 1. The van der Waals surface area contributed by atoms with E-state index < -0.39 is 27.9 Å². The molecule has 1 atom stereocenters. The fourth-order valence-corrected chi connectivity index (χ4v) is 3.70. The molecule has 29 heavy (non-hydrogen) atoms. The molecule has 0 bridgehead atoms. The lowest BCUT2D eigenvalue weighted by molar-refractivity contribution is 0.0901. The van der Waals surface area contributed by atoms with Crippen molar-refractivity contribution in [1.82, 2.24) is 5.32 Å². The van der Waals surface area contributed by atoms with Gasteiger partial charge in [0.25, 0.3) is 15.9 Å². The third-order valence-electron chi connectivity index (χ3n) is 4.17. The van der Waals surface area contributed by atoms with Crippen molar-refractivity contribution in [3.63, 3.8) is 0 Å².